The number of nitrogens with zero attached hydrogens (tertiary/aromatic N) is 3. The van der Waals surface area contributed by atoms with Gasteiger partial charge in [-0.3, -0.25) is 9.78 Å². The normalized spacial score (nSPS) is 9.62. The van der Waals surface area contributed by atoms with Crippen molar-refractivity contribution in [2.24, 2.45) is 0 Å². The van der Waals surface area contributed by atoms with Gasteiger partial charge in [0, 0.05) is 17.6 Å². The summed E-state index contributed by atoms with van der Waals surface area (Å²) >= 11 is 0. The van der Waals surface area contributed by atoms with E-state index in [4.69, 9.17) is 10.5 Å². The lowest BCUT2D eigenvalue weighted by molar-refractivity contribution is 0.102. The van der Waals surface area contributed by atoms with Crippen LogP contribution >= 0.6 is 0 Å². The Bertz CT molecular complexity index is 1050. The highest BCUT2D eigenvalue weighted by atomic mass is 16.1. The Labute approximate surface area is 150 Å². The Morgan fingerprint density at radius 2 is 1.73 bits per heavy atom. The molecular weight excluding hydrogens is 326 g/mol. The Hall–Kier alpha value is -4.16. The van der Waals surface area contributed by atoms with Crippen molar-refractivity contribution in [2.75, 3.05) is 10.6 Å². The second-order valence-corrected chi connectivity index (χ2v) is 5.36. The molecule has 0 aliphatic heterocycles. The molecule has 0 spiro atoms. The van der Waals surface area contributed by atoms with E-state index in [1.165, 1.54) is 6.20 Å². The van der Waals surface area contributed by atoms with E-state index in [-0.39, 0.29) is 5.69 Å². The number of benzene rings is 2. The second kappa shape index (κ2) is 7.61. The lowest BCUT2D eigenvalue weighted by Crippen LogP contribution is -2.14. The minimum Gasteiger partial charge on any atom is -0.355 e. The minimum absolute atomic E-state index is 0.208. The third-order valence-corrected chi connectivity index (χ3v) is 3.57. The molecule has 1 aromatic heterocycles. The first-order chi connectivity index (χ1) is 12.7. The smallest absolute Gasteiger partial charge is 0.274 e. The quantitative estimate of drug-likeness (QED) is 0.752. The molecule has 0 aliphatic carbocycles. The number of nitriles is 2. The first-order valence-corrected chi connectivity index (χ1v) is 7.73. The topological polar surface area (TPSA) is 102 Å². The monoisotopic (exact) mass is 339 g/mol. The Morgan fingerprint density at radius 1 is 0.923 bits per heavy atom. The number of carbonyl (C=O) groups is 1. The fourth-order valence-corrected chi connectivity index (χ4v) is 2.34. The van der Waals surface area contributed by atoms with Gasteiger partial charge in [-0.15, -0.1) is 0 Å². The number of para-hydroxylation sites is 1. The summed E-state index contributed by atoms with van der Waals surface area (Å²) in [7, 11) is 0. The lowest BCUT2D eigenvalue weighted by Gasteiger charge is -2.09. The molecule has 0 atom stereocenters. The van der Waals surface area contributed by atoms with Crippen LogP contribution in [0.25, 0.3) is 0 Å². The van der Waals surface area contributed by atoms with Crippen molar-refractivity contribution in [1.82, 2.24) is 4.98 Å². The molecule has 26 heavy (non-hydrogen) atoms. The van der Waals surface area contributed by atoms with E-state index in [0.717, 1.165) is 5.69 Å². The van der Waals surface area contributed by atoms with Gasteiger partial charge < -0.3 is 10.6 Å². The maximum atomic E-state index is 12.4. The van der Waals surface area contributed by atoms with Crippen molar-refractivity contribution >= 4 is 23.0 Å². The van der Waals surface area contributed by atoms with E-state index in [1.807, 2.05) is 12.1 Å². The molecule has 2 aromatic carbocycles. The molecule has 0 bridgehead atoms. The van der Waals surface area contributed by atoms with Crippen LogP contribution in [0.2, 0.25) is 0 Å². The second-order valence-electron chi connectivity index (χ2n) is 5.36. The van der Waals surface area contributed by atoms with Gasteiger partial charge in [0.05, 0.1) is 22.9 Å². The predicted molar refractivity (Wildman–Crippen MR) is 97.8 cm³/mol. The van der Waals surface area contributed by atoms with Gasteiger partial charge in [-0.25, -0.2) is 0 Å². The summed E-state index contributed by atoms with van der Waals surface area (Å²) in [6.45, 7) is 0. The number of hydrogen-bond donors (Lipinski definition) is 2. The van der Waals surface area contributed by atoms with E-state index in [9.17, 15) is 4.79 Å². The molecule has 1 amide bonds. The van der Waals surface area contributed by atoms with Crippen LogP contribution in [0.5, 0.6) is 0 Å². The van der Waals surface area contributed by atoms with E-state index in [2.05, 4.69) is 21.7 Å². The van der Waals surface area contributed by atoms with Crippen molar-refractivity contribution in [2.45, 2.75) is 0 Å². The fraction of sp³-hybridized carbons (Fsp3) is 0. The highest BCUT2D eigenvalue weighted by molar-refractivity contribution is 6.04. The number of aromatic nitrogens is 1. The molecule has 3 aromatic rings. The average molecular weight is 339 g/mol. The van der Waals surface area contributed by atoms with Crippen LogP contribution in [-0.4, -0.2) is 10.9 Å². The molecule has 0 saturated carbocycles. The first kappa shape index (κ1) is 16.7. The number of carbonyl (C=O) groups excluding carboxylic acids is 1. The molecule has 3 rings (SSSR count). The number of pyridine rings is 1. The summed E-state index contributed by atoms with van der Waals surface area (Å²) < 4.78 is 0. The molecule has 0 aliphatic rings. The predicted octanol–water partition coefficient (Wildman–Crippen LogP) is 3.82. The van der Waals surface area contributed by atoms with E-state index in [1.54, 1.807) is 54.6 Å². The number of hydrogen-bond acceptors (Lipinski definition) is 5. The molecule has 1 heterocycles. The summed E-state index contributed by atoms with van der Waals surface area (Å²) in [5, 5.41) is 23.9. The summed E-state index contributed by atoms with van der Waals surface area (Å²) in [5.41, 5.74) is 2.95. The molecule has 6 heteroatoms. The van der Waals surface area contributed by atoms with Crippen LogP contribution in [0.1, 0.15) is 21.6 Å². The van der Waals surface area contributed by atoms with E-state index >= 15 is 0 Å². The highest BCUT2D eigenvalue weighted by Crippen LogP contribution is 2.19. The fourth-order valence-electron chi connectivity index (χ4n) is 2.34. The third-order valence-electron chi connectivity index (χ3n) is 3.57. The van der Waals surface area contributed by atoms with Gasteiger partial charge in [-0.2, -0.15) is 10.5 Å². The Morgan fingerprint density at radius 3 is 2.54 bits per heavy atom. The molecule has 0 radical (unpaired) electrons. The number of anilines is 3. The van der Waals surface area contributed by atoms with Gasteiger partial charge in [-0.1, -0.05) is 18.2 Å². The van der Waals surface area contributed by atoms with Crippen LogP contribution in [0.4, 0.5) is 17.1 Å². The third kappa shape index (κ3) is 3.84. The van der Waals surface area contributed by atoms with Gasteiger partial charge in [-0.05, 0) is 42.5 Å². The van der Waals surface area contributed by atoms with Gasteiger partial charge in [0.2, 0.25) is 0 Å². The van der Waals surface area contributed by atoms with E-state index < -0.39 is 5.91 Å². The first-order valence-electron chi connectivity index (χ1n) is 7.73. The zero-order valence-electron chi connectivity index (χ0n) is 13.6. The molecular formula is C20H13N5O. The maximum absolute atomic E-state index is 12.4. The molecule has 0 unspecified atom stereocenters. The van der Waals surface area contributed by atoms with Gasteiger partial charge >= 0.3 is 0 Å². The average Bonchev–Trinajstić information content (AvgIpc) is 2.68. The van der Waals surface area contributed by atoms with Crippen LogP contribution in [0.3, 0.4) is 0 Å². The van der Waals surface area contributed by atoms with Gasteiger partial charge in [0.1, 0.15) is 11.8 Å². The van der Waals surface area contributed by atoms with Crippen molar-refractivity contribution in [1.29, 1.82) is 10.5 Å². The summed E-state index contributed by atoms with van der Waals surface area (Å²) in [4.78, 5) is 16.5. The zero-order chi connectivity index (χ0) is 18.4. The standard InChI is InChI=1S/C20H13N5O/c21-12-14-4-3-6-16(10-14)24-17-8-9-23-19(11-17)20(26)25-18-7-2-1-5-15(18)13-22/h1-11H,(H,23,24)(H,25,26). The van der Waals surface area contributed by atoms with Crippen molar-refractivity contribution in [3.8, 4) is 12.1 Å². The molecule has 0 saturated heterocycles. The number of amides is 1. The van der Waals surface area contributed by atoms with Crippen LogP contribution in [-0.2, 0) is 0 Å². The van der Waals surface area contributed by atoms with Crippen LogP contribution in [0, 0.1) is 22.7 Å². The van der Waals surface area contributed by atoms with Crippen LogP contribution in [0.15, 0.2) is 66.9 Å². The Kier molecular flexibility index (Phi) is 4.88. The van der Waals surface area contributed by atoms with Gasteiger partial charge in [0.25, 0.3) is 5.91 Å². The molecule has 6 nitrogen and oxygen atoms in total. The molecule has 0 fully saturated rings. The lowest BCUT2D eigenvalue weighted by atomic mass is 10.2. The maximum Gasteiger partial charge on any atom is 0.274 e. The summed E-state index contributed by atoms with van der Waals surface area (Å²) in [6, 6.07) is 21.2. The minimum atomic E-state index is -0.415. The summed E-state index contributed by atoms with van der Waals surface area (Å²) in [6.07, 6.45) is 1.52. The summed E-state index contributed by atoms with van der Waals surface area (Å²) in [5.74, 6) is -0.415. The Balaban J connectivity index is 1.79. The van der Waals surface area contributed by atoms with E-state index in [0.29, 0.717) is 22.5 Å². The molecule has 2 N–H and O–H groups in total. The van der Waals surface area contributed by atoms with Gasteiger partial charge in [0.15, 0.2) is 0 Å². The molecule has 124 valence electrons. The largest absolute Gasteiger partial charge is 0.355 e. The van der Waals surface area contributed by atoms with Crippen molar-refractivity contribution in [3.05, 3.63) is 83.7 Å². The zero-order valence-corrected chi connectivity index (χ0v) is 13.6. The van der Waals surface area contributed by atoms with Crippen LogP contribution < -0.4 is 10.6 Å². The highest BCUT2D eigenvalue weighted by Gasteiger charge is 2.11. The van der Waals surface area contributed by atoms with Crippen molar-refractivity contribution < 1.29 is 4.79 Å². The SMILES string of the molecule is N#Cc1cccc(Nc2ccnc(C(=O)Nc3ccccc3C#N)c2)c1. The van der Waals surface area contributed by atoms with Crippen molar-refractivity contribution in [3.63, 3.8) is 0 Å². The number of rotatable bonds is 4. The number of nitrogens with one attached hydrogen (secondary N) is 2.